The van der Waals surface area contributed by atoms with Gasteiger partial charge in [-0.05, 0) is 18.8 Å². The van der Waals surface area contributed by atoms with Crippen LogP contribution in [-0.4, -0.2) is 34.9 Å². The van der Waals surface area contributed by atoms with Crippen molar-refractivity contribution in [3.05, 3.63) is 32.3 Å². The van der Waals surface area contributed by atoms with Crippen LogP contribution in [0, 0.1) is 16.0 Å². The SMILES string of the molecule is CC(C)CC(=O)N1CCC(Nc2c(Cl)cc([N+](=O)[O-])cc2Cl)CC1. The van der Waals surface area contributed by atoms with Crippen LogP contribution in [-0.2, 0) is 4.79 Å². The van der Waals surface area contributed by atoms with E-state index in [4.69, 9.17) is 23.2 Å². The Kier molecular flexibility index (Phi) is 6.29. The molecular formula is C16H21Cl2N3O3. The number of nitrogens with zero attached hydrogens (tertiary/aromatic N) is 2. The van der Waals surface area contributed by atoms with Gasteiger partial charge in [0.1, 0.15) is 0 Å². The molecular weight excluding hydrogens is 353 g/mol. The van der Waals surface area contributed by atoms with Crippen molar-refractivity contribution in [1.29, 1.82) is 0 Å². The summed E-state index contributed by atoms with van der Waals surface area (Å²) >= 11 is 12.2. The summed E-state index contributed by atoms with van der Waals surface area (Å²) in [6, 6.07) is 2.71. The van der Waals surface area contributed by atoms with Gasteiger partial charge < -0.3 is 10.2 Å². The van der Waals surface area contributed by atoms with E-state index >= 15 is 0 Å². The quantitative estimate of drug-likeness (QED) is 0.614. The van der Waals surface area contributed by atoms with Crippen LogP contribution in [0.15, 0.2) is 12.1 Å². The highest BCUT2D eigenvalue weighted by Crippen LogP contribution is 2.35. The minimum Gasteiger partial charge on any atom is -0.380 e. The van der Waals surface area contributed by atoms with Gasteiger partial charge in [0.15, 0.2) is 0 Å². The molecule has 1 aliphatic heterocycles. The molecule has 1 amide bonds. The topological polar surface area (TPSA) is 75.5 Å². The number of nitrogens with one attached hydrogen (secondary N) is 1. The summed E-state index contributed by atoms with van der Waals surface area (Å²) in [6.07, 6.45) is 2.14. The predicted octanol–water partition coefficient (Wildman–Crippen LogP) is 4.35. The molecule has 0 spiro atoms. The standard InChI is InChI=1S/C16H21Cl2N3O3/c1-10(2)7-15(22)20-5-3-11(4-6-20)19-16-13(17)8-12(21(23)24)9-14(16)18/h8-11,19H,3-7H2,1-2H3. The van der Waals surface area contributed by atoms with Crippen LogP contribution in [0.3, 0.4) is 0 Å². The van der Waals surface area contributed by atoms with Crippen LogP contribution >= 0.6 is 23.2 Å². The molecule has 1 aromatic rings. The largest absolute Gasteiger partial charge is 0.380 e. The van der Waals surface area contributed by atoms with Gasteiger partial charge in [0.2, 0.25) is 5.91 Å². The molecule has 8 heteroatoms. The monoisotopic (exact) mass is 373 g/mol. The highest BCUT2D eigenvalue weighted by Gasteiger charge is 2.24. The maximum absolute atomic E-state index is 12.1. The fraction of sp³-hybridized carbons (Fsp3) is 0.562. The first-order valence-electron chi connectivity index (χ1n) is 7.95. The first kappa shape index (κ1) is 18.8. The Hall–Kier alpha value is -1.53. The molecule has 0 atom stereocenters. The molecule has 6 nitrogen and oxygen atoms in total. The summed E-state index contributed by atoms with van der Waals surface area (Å²) in [5.74, 6) is 0.543. The van der Waals surface area contributed by atoms with E-state index in [1.807, 2.05) is 18.7 Å². The zero-order valence-corrected chi connectivity index (χ0v) is 15.2. The molecule has 0 aromatic heterocycles. The summed E-state index contributed by atoms with van der Waals surface area (Å²) in [5, 5.41) is 14.5. The Morgan fingerprint density at radius 2 is 1.88 bits per heavy atom. The van der Waals surface area contributed by atoms with Crippen molar-refractivity contribution in [2.45, 2.75) is 39.2 Å². The van der Waals surface area contributed by atoms with Gasteiger partial charge in [0.25, 0.3) is 5.69 Å². The summed E-state index contributed by atoms with van der Waals surface area (Å²) in [7, 11) is 0. The number of likely N-dealkylation sites (tertiary alicyclic amines) is 1. The molecule has 2 rings (SSSR count). The first-order valence-corrected chi connectivity index (χ1v) is 8.71. The number of carbonyl (C=O) groups is 1. The summed E-state index contributed by atoms with van der Waals surface area (Å²) < 4.78 is 0. The van der Waals surface area contributed by atoms with E-state index in [-0.39, 0.29) is 27.7 Å². The zero-order chi connectivity index (χ0) is 17.9. The van der Waals surface area contributed by atoms with Crippen LogP contribution in [0.1, 0.15) is 33.1 Å². The molecule has 1 saturated heterocycles. The van der Waals surface area contributed by atoms with Gasteiger partial charge in [0, 0.05) is 37.7 Å². The second kappa shape index (κ2) is 8.03. The Morgan fingerprint density at radius 3 is 2.33 bits per heavy atom. The number of amides is 1. The molecule has 1 heterocycles. The van der Waals surface area contributed by atoms with Gasteiger partial charge in [0.05, 0.1) is 20.7 Å². The second-order valence-electron chi connectivity index (χ2n) is 6.44. The second-order valence-corrected chi connectivity index (χ2v) is 7.25. The number of non-ortho nitro benzene ring substituents is 1. The number of rotatable bonds is 5. The molecule has 1 aliphatic rings. The van der Waals surface area contributed by atoms with E-state index in [1.54, 1.807) is 0 Å². The predicted molar refractivity (Wildman–Crippen MR) is 95.8 cm³/mol. The van der Waals surface area contributed by atoms with E-state index in [9.17, 15) is 14.9 Å². The Bertz CT molecular complexity index is 606. The Morgan fingerprint density at radius 1 is 1.33 bits per heavy atom. The molecule has 1 fully saturated rings. The van der Waals surface area contributed by atoms with Crippen molar-refractivity contribution < 1.29 is 9.72 Å². The van der Waals surface area contributed by atoms with Crippen LogP contribution < -0.4 is 5.32 Å². The van der Waals surface area contributed by atoms with Crippen molar-refractivity contribution in [3.8, 4) is 0 Å². The molecule has 132 valence electrons. The van der Waals surface area contributed by atoms with Crippen molar-refractivity contribution in [2.75, 3.05) is 18.4 Å². The van der Waals surface area contributed by atoms with Crippen molar-refractivity contribution in [3.63, 3.8) is 0 Å². The molecule has 1 N–H and O–H groups in total. The minimum absolute atomic E-state index is 0.129. The fourth-order valence-electron chi connectivity index (χ4n) is 2.76. The van der Waals surface area contributed by atoms with E-state index in [0.717, 1.165) is 12.8 Å². The summed E-state index contributed by atoms with van der Waals surface area (Å²) in [6.45, 7) is 5.44. The molecule has 0 bridgehead atoms. The third-order valence-electron chi connectivity index (χ3n) is 4.02. The van der Waals surface area contributed by atoms with Gasteiger partial charge >= 0.3 is 0 Å². The molecule has 0 unspecified atom stereocenters. The Balaban J connectivity index is 1.97. The lowest BCUT2D eigenvalue weighted by Gasteiger charge is -2.33. The van der Waals surface area contributed by atoms with Crippen LogP contribution in [0.5, 0.6) is 0 Å². The van der Waals surface area contributed by atoms with Crippen LogP contribution in [0.25, 0.3) is 0 Å². The lowest BCUT2D eigenvalue weighted by Crippen LogP contribution is -2.42. The fourth-order valence-corrected chi connectivity index (χ4v) is 3.34. The Labute approximate surface area is 151 Å². The van der Waals surface area contributed by atoms with E-state index < -0.39 is 4.92 Å². The maximum Gasteiger partial charge on any atom is 0.272 e. The molecule has 0 saturated carbocycles. The molecule has 0 radical (unpaired) electrons. The van der Waals surface area contributed by atoms with Gasteiger partial charge in [-0.1, -0.05) is 37.0 Å². The molecule has 1 aromatic carbocycles. The highest BCUT2D eigenvalue weighted by molar-refractivity contribution is 6.39. The number of anilines is 1. The third-order valence-corrected chi connectivity index (χ3v) is 4.61. The van der Waals surface area contributed by atoms with Gasteiger partial charge in [-0.25, -0.2) is 0 Å². The van der Waals surface area contributed by atoms with E-state index in [1.165, 1.54) is 12.1 Å². The van der Waals surface area contributed by atoms with E-state index in [2.05, 4.69) is 5.32 Å². The number of hydrogen-bond donors (Lipinski definition) is 1. The summed E-state index contributed by atoms with van der Waals surface area (Å²) in [5.41, 5.74) is 0.376. The normalized spacial score (nSPS) is 15.6. The highest BCUT2D eigenvalue weighted by atomic mass is 35.5. The maximum atomic E-state index is 12.1. The smallest absolute Gasteiger partial charge is 0.272 e. The van der Waals surface area contributed by atoms with Gasteiger partial charge in [-0.3, -0.25) is 14.9 Å². The van der Waals surface area contributed by atoms with Gasteiger partial charge in [-0.15, -0.1) is 0 Å². The third kappa shape index (κ3) is 4.74. The number of carbonyl (C=O) groups excluding carboxylic acids is 1. The molecule has 24 heavy (non-hydrogen) atoms. The summed E-state index contributed by atoms with van der Waals surface area (Å²) in [4.78, 5) is 24.3. The number of piperidine rings is 1. The lowest BCUT2D eigenvalue weighted by atomic mass is 10.0. The van der Waals surface area contributed by atoms with Crippen molar-refractivity contribution in [2.24, 2.45) is 5.92 Å². The van der Waals surface area contributed by atoms with Crippen LogP contribution in [0.2, 0.25) is 10.0 Å². The minimum atomic E-state index is -0.527. The first-order chi connectivity index (χ1) is 11.3. The van der Waals surface area contributed by atoms with Gasteiger partial charge in [-0.2, -0.15) is 0 Å². The molecule has 0 aliphatic carbocycles. The number of nitro groups is 1. The number of benzene rings is 1. The average Bonchev–Trinajstić information content (AvgIpc) is 2.50. The number of nitro benzene ring substituents is 1. The van der Waals surface area contributed by atoms with Crippen molar-refractivity contribution in [1.82, 2.24) is 4.90 Å². The van der Waals surface area contributed by atoms with E-state index in [0.29, 0.717) is 31.1 Å². The number of hydrogen-bond acceptors (Lipinski definition) is 4. The number of halogens is 2. The zero-order valence-electron chi connectivity index (χ0n) is 13.7. The van der Waals surface area contributed by atoms with Crippen molar-refractivity contribution >= 4 is 40.5 Å². The average molecular weight is 374 g/mol. The van der Waals surface area contributed by atoms with Crippen LogP contribution in [0.4, 0.5) is 11.4 Å². The lowest BCUT2D eigenvalue weighted by molar-refractivity contribution is -0.384.